The number of hydrogen-bond acceptors (Lipinski definition) is 7. The van der Waals surface area contributed by atoms with Crippen molar-refractivity contribution in [3.63, 3.8) is 0 Å². The molecule has 0 spiro atoms. The van der Waals surface area contributed by atoms with Gasteiger partial charge >= 0.3 is 0 Å². The van der Waals surface area contributed by atoms with Crippen molar-refractivity contribution in [3.05, 3.63) is 105 Å². The van der Waals surface area contributed by atoms with Crippen molar-refractivity contribution in [3.8, 4) is 29.1 Å². The number of nitrogens with zero attached hydrogens (tertiary/aromatic N) is 4. The third kappa shape index (κ3) is 5.63. The molecule has 1 unspecified atom stereocenters. The van der Waals surface area contributed by atoms with Crippen LogP contribution < -0.4 is 5.56 Å². The standard InChI is InChI=1S/C32H30N4O4S/c1-4-6-13-29-35-31(37)30(32(38)36(29)28(5-2)24-10-7-9-22(18-24)19-33)41(39,40)26-16-14-23(15-17-26)27-12-8-11-25(20-34)21(27)3/h7-12,14-18,28,37H,4-6,13H2,1-3H3. The minimum atomic E-state index is -4.47. The predicted octanol–water partition coefficient (Wildman–Crippen LogP) is 5.84. The van der Waals surface area contributed by atoms with Crippen LogP contribution in [-0.4, -0.2) is 23.1 Å². The maximum absolute atomic E-state index is 14.0. The lowest BCUT2D eigenvalue weighted by Gasteiger charge is -2.23. The third-order valence-electron chi connectivity index (χ3n) is 7.18. The average Bonchev–Trinajstić information content (AvgIpc) is 2.97. The Balaban J connectivity index is 1.87. The molecule has 1 N–H and O–H groups in total. The summed E-state index contributed by atoms with van der Waals surface area (Å²) in [6.45, 7) is 5.67. The molecule has 0 aliphatic heterocycles. The van der Waals surface area contributed by atoms with E-state index >= 15 is 0 Å². The smallest absolute Gasteiger partial charge is 0.277 e. The van der Waals surface area contributed by atoms with E-state index in [1.54, 1.807) is 48.5 Å². The van der Waals surface area contributed by atoms with E-state index in [1.807, 2.05) is 26.8 Å². The lowest BCUT2D eigenvalue weighted by Crippen LogP contribution is -2.33. The highest BCUT2D eigenvalue weighted by molar-refractivity contribution is 7.91. The average molecular weight is 567 g/mol. The molecule has 1 aromatic heterocycles. The van der Waals surface area contributed by atoms with Crippen LogP contribution in [0.3, 0.4) is 0 Å². The second-order valence-corrected chi connectivity index (χ2v) is 11.6. The Morgan fingerprint density at radius 3 is 2.34 bits per heavy atom. The highest BCUT2D eigenvalue weighted by Gasteiger charge is 2.31. The van der Waals surface area contributed by atoms with Gasteiger partial charge in [0.1, 0.15) is 5.82 Å². The summed E-state index contributed by atoms with van der Waals surface area (Å²) in [5, 5.41) is 29.6. The summed E-state index contributed by atoms with van der Waals surface area (Å²) in [4.78, 5) is 17.3. The molecule has 4 rings (SSSR count). The van der Waals surface area contributed by atoms with Gasteiger partial charge in [0.25, 0.3) is 5.56 Å². The molecule has 0 aliphatic rings. The van der Waals surface area contributed by atoms with Crippen molar-refractivity contribution in [2.45, 2.75) is 62.3 Å². The van der Waals surface area contributed by atoms with E-state index in [9.17, 15) is 28.8 Å². The first kappa shape index (κ1) is 29.3. The highest BCUT2D eigenvalue weighted by atomic mass is 32.2. The van der Waals surface area contributed by atoms with Crippen LogP contribution in [0.1, 0.15) is 67.2 Å². The lowest BCUT2D eigenvalue weighted by molar-refractivity contribution is 0.406. The van der Waals surface area contributed by atoms with Gasteiger partial charge in [-0.25, -0.2) is 8.42 Å². The molecule has 0 amide bonds. The summed E-state index contributed by atoms with van der Waals surface area (Å²) >= 11 is 0. The van der Waals surface area contributed by atoms with Crippen LogP contribution in [0.25, 0.3) is 11.1 Å². The molecule has 4 aromatic rings. The van der Waals surface area contributed by atoms with Gasteiger partial charge in [-0.15, -0.1) is 0 Å². The van der Waals surface area contributed by atoms with Gasteiger partial charge in [-0.2, -0.15) is 15.5 Å². The normalized spacial score (nSPS) is 11.9. The number of hydrogen-bond donors (Lipinski definition) is 1. The van der Waals surface area contributed by atoms with Crippen molar-refractivity contribution >= 4 is 9.84 Å². The van der Waals surface area contributed by atoms with Crippen molar-refractivity contribution in [1.82, 2.24) is 9.55 Å². The van der Waals surface area contributed by atoms with E-state index in [1.165, 1.54) is 16.7 Å². The Morgan fingerprint density at radius 1 is 1.00 bits per heavy atom. The molecule has 0 radical (unpaired) electrons. The van der Waals surface area contributed by atoms with Crippen molar-refractivity contribution in [2.24, 2.45) is 0 Å². The Kier molecular flexibility index (Phi) is 8.71. The van der Waals surface area contributed by atoms with E-state index in [-0.39, 0.29) is 10.7 Å². The molecule has 0 bridgehead atoms. The first-order valence-electron chi connectivity index (χ1n) is 13.4. The second kappa shape index (κ2) is 12.2. The van der Waals surface area contributed by atoms with Crippen molar-refractivity contribution in [1.29, 1.82) is 10.5 Å². The summed E-state index contributed by atoms with van der Waals surface area (Å²) in [5.41, 5.74) is 3.00. The predicted molar refractivity (Wildman–Crippen MR) is 155 cm³/mol. The first-order valence-corrected chi connectivity index (χ1v) is 14.9. The van der Waals surface area contributed by atoms with E-state index in [0.717, 1.165) is 17.5 Å². The van der Waals surface area contributed by atoms with E-state index in [2.05, 4.69) is 17.1 Å². The number of rotatable bonds is 9. The van der Waals surface area contributed by atoms with Crippen molar-refractivity contribution < 1.29 is 13.5 Å². The lowest BCUT2D eigenvalue weighted by atomic mass is 9.97. The summed E-state index contributed by atoms with van der Waals surface area (Å²) in [5.74, 6) is -0.551. The van der Waals surface area contributed by atoms with Gasteiger partial charge in [-0.1, -0.05) is 56.7 Å². The van der Waals surface area contributed by atoms with E-state index in [0.29, 0.717) is 41.5 Å². The Labute approximate surface area is 239 Å². The van der Waals surface area contributed by atoms with Gasteiger partial charge in [-0.05, 0) is 72.4 Å². The molecule has 0 aliphatic carbocycles. The first-order chi connectivity index (χ1) is 19.7. The number of benzene rings is 3. The zero-order valence-corrected chi connectivity index (χ0v) is 23.9. The molecule has 9 heteroatoms. The fraction of sp³-hybridized carbons (Fsp3) is 0.250. The van der Waals surface area contributed by atoms with Crippen LogP contribution in [0.15, 0.2) is 81.3 Å². The molecule has 1 atom stereocenters. The fourth-order valence-electron chi connectivity index (χ4n) is 5.00. The van der Waals surface area contributed by atoms with Crippen LogP contribution in [-0.2, 0) is 16.3 Å². The Morgan fingerprint density at radius 2 is 1.71 bits per heavy atom. The minimum Gasteiger partial charge on any atom is -0.492 e. The topological polar surface area (TPSA) is 137 Å². The summed E-state index contributed by atoms with van der Waals surface area (Å²) in [7, 11) is -4.47. The van der Waals surface area contributed by atoms with Crippen LogP contribution in [0.5, 0.6) is 5.88 Å². The van der Waals surface area contributed by atoms with Gasteiger partial charge in [0, 0.05) is 6.42 Å². The van der Waals surface area contributed by atoms with Gasteiger partial charge in [0.2, 0.25) is 15.7 Å². The van der Waals surface area contributed by atoms with Crippen LogP contribution in [0.4, 0.5) is 0 Å². The molecular weight excluding hydrogens is 536 g/mol. The number of unbranched alkanes of at least 4 members (excludes halogenated alkanes) is 1. The molecule has 208 valence electrons. The molecule has 0 saturated heterocycles. The Bertz CT molecular complexity index is 1850. The minimum absolute atomic E-state index is 0.170. The quantitative estimate of drug-likeness (QED) is 0.269. The van der Waals surface area contributed by atoms with Gasteiger partial charge < -0.3 is 5.11 Å². The molecule has 8 nitrogen and oxygen atoms in total. The number of nitriles is 2. The summed E-state index contributed by atoms with van der Waals surface area (Å²) in [6, 6.07) is 21.8. The molecule has 1 heterocycles. The molecule has 3 aromatic carbocycles. The number of aromatic nitrogens is 2. The third-order valence-corrected chi connectivity index (χ3v) is 8.97. The van der Waals surface area contributed by atoms with Gasteiger partial charge in [-0.3, -0.25) is 9.36 Å². The summed E-state index contributed by atoms with van der Waals surface area (Å²) in [6.07, 6.45) is 2.28. The van der Waals surface area contributed by atoms with Crippen molar-refractivity contribution in [2.75, 3.05) is 0 Å². The fourth-order valence-corrected chi connectivity index (χ4v) is 6.35. The highest BCUT2D eigenvalue weighted by Crippen LogP contribution is 2.31. The number of sulfone groups is 1. The zero-order valence-electron chi connectivity index (χ0n) is 23.1. The monoisotopic (exact) mass is 566 g/mol. The van der Waals surface area contributed by atoms with Crippen LogP contribution in [0, 0.1) is 29.6 Å². The van der Waals surface area contributed by atoms with Crippen LogP contribution in [0.2, 0.25) is 0 Å². The van der Waals surface area contributed by atoms with E-state index < -0.39 is 32.2 Å². The molecule has 0 fully saturated rings. The maximum atomic E-state index is 14.0. The number of aryl methyl sites for hydroxylation is 1. The van der Waals surface area contributed by atoms with Gasteiger partial charge in [0.05, 0.1) is 34.2 Å². The molecular formula is C32H30N4O4S. The Hall–Kier alpha value is -4.73. The molecule has 0 saturated carbocycles. The molecule has 41 heavy (non-hydrogen) atoms. The van der Waals surface area contributed by atoms with E-state index in [4.69, 9.17) is 0 Å². The number of aromatic hydroxyl groups is 1. The zero-order chi connectivity index (χ0) is 29.7. The summed E-state index contributed by atoms with van der Waals surface area (Å²) < 4.78 is 29.0. The SMILES string of the molecule is CCCCc1nc(O)c(S(=O)(=O)c2ccc(-c3cccc(C#N)c3C)cc2)c(=O)n1C(CC)c1cccc(C#N)c1. The largest absolute Gasteiger partial charge is 0.492 e. The second-order valence-electron chi connectivity index (χ2n) is 9.74. The van der Waals surface area contributed by atoms with Crippen LogP contribution >= 0.6 is 0 Å². The maximum Gasteiger partial charge on any atom is 0.277 e. The van der Waals surface area contributed by atoms with Gasteiger partial charge in [0.15, 0.2) is 4.90 Å².